The number of hydrogen-bond donors (Lipinski definition) is 2. The standard InChI is InChI=1S/C24H37N3O6/c1-9-24(6,7)27(18(28)14-26-22(31)33-23(3,4)5)20(17-13-11-10-12-16(17)2)21(30)25-15-19(29)32-8/h10-13,20H,9,14-15H2,1-8H3,(H,25,30)(H,26,31). The zero-order valence-electron chi connectivity index (χ0n) is 20.9. The van der Waals surface area contributed by atoms with Crippen LogP contribution in [0.4, 0.5) is 4.79 Å². The molecular weight excluding hydrogens is 426 g/mol. The molecule has 0 bridgehead atoms. The highest BCUT2D eigenvalue weighted by molar-refractivity contribution is 5.92. The summed E-state index contributed by atoms with van der Waals surface area (Å²) in [6.45, 7) is 11.9. The van der Waals surface area contributed by atoms with Crippen LogP contribution in [0.15, 0.2) is 24.3 Å². The van der Waals surface area contributed by atoms with E-state index in [1.165, 1.54) is 12.0 Å². The van der Waals surface area contributed by atoms with Crippen molar-refractivity contribution in [2.75, 3.05) is 20.2 Å². The number of carbonyl (C=O) groups excluding carboxylic acids is 4. The molecule has 0 saturated heterocycles. The molecule has 0 aliphatic carbocycles. The van der Waals surface area contributed by atoms with Crippen LogP contribution in [-0.2, 0) is 23.9 Å². The van der Waals surface area contributed by atoms with Crippen molar-refractivity contribution in [2.45, 2.75) is 72.1 Å². The normalized spacial score (nSPS) is 12.4. The van der Waals surface area contributed by atoms with Gasteiger partial charge in [-0.3, -0.25) is 14.4 Å². The highest BCUT2D eigenvalue weighted by atomic mass is 16.6. The second kappa shape index (κ2) is 11.7. The number of benzene rings is 1. The number of nitrogens with one attached hydrogen (secondary N) is 2. The number of esters is 1. The van der Waals surface area contributed by atoms with Gasteiger partial charge >= 0.3 is 12.1 Å². The molecule has 33 heavy (non-hydrogen) atoms. The van der Waals surface area contributed by atoms with E-state index in [1.807, 2.05) is 39.8 Å². The van der Waals surface area contributed by atoms with Crippen molar-refractivity contribution in [3.8, 4) is 0 Å². The number of carbonyl (C=O) groups is 4. The van der Waals surface area contributed by atoms with Gasteiger partial charge in [-0.05, 0) is 59.1 Å². The van der Waals surface area contributed by atoms with Gasteiger partial charge in [-0.2, -0.15) is 0 Å². The number of hydrogen-bond acceptors (Lipinski definition) is 6. The summed E-state index contributed by atoms with van der Waals surface area (Å²) >= 11 is 0. The minimum absolute atomic E-state index is 0.331. The van der Waals surface area contributed by atoms with Crippen molar-refractivity contribution in [1.29, 1.82) is 0 Å². The summed E-state index contributed by atoms with van der Waals surface area (Å²) in [5.41, 5.74) is -0.0394. The van der Waals surface area contributed by atoms with Crippen molar-refractivity contribution < 1.29 is 28.7 Å². The maximum atomic E-state index is 13.4. The second-order valence-corrected chi connectivity index (χ2v) is 9.34. The molecule has 0 aliphatic heterocycles. The number of ether oxygens (including phenoxy) is 2. The van der Waals surface area contributed by atoms with Crippen molar-refractivity contribution in [2.24, 2.45) is 0 Å². The molecule has 1 aromatic carbocycles. The third-order valence-corrected chi connectivity index (χ3v) is 5.19. The molecular formula is C24H37N3O6. The molecule has 0 radical (unpaired) electrons. The minimum atomic E-state index is -1.03. The zero-order chi connectivity index (χ0) is 25.4. The van der Waals surface area contributed by atoms with Crippen molar-refractivity contribution >= 4 is 23.9 Å². The van der Waals surface area contributed by atoms with E-state index in [2.05, 4.69) is 15.4 Å². The molecule has 3 amide bonds. The molecule has 1 aromatic rings. The summed E-state index contributed by atoms with van der Waals surface area (Å²) in [5.74, 6) is -1.60. The highest BCUT2D eigenvalue weighted by Gasteiger charge is 2.40. The first-order valence-electron chi connectivity index (χ1n) is 10.9. The Morgan fingerprint density at radius 1 is 1.00 bits per heavy atom. The van der Waals surface area contributed by atoms with E-state index < -0.39 is 41.1 Å². The van der Waals surface area contributed by atoms with Crippen LogP contribution in [0.5, 0.6) is 0 Å². The number of methoxy groups -OCH3 is 1. The summed E-state index contributed by atoms with van der Waals surface area (Å²) in [6, 6.07) is 6.20. The van der Waals surface area contributed by atoms with Gasteiger partial charge in [0.25, 0.3) is 0 Å². The van der Waals surface area contributed by atoms with E-state index in [9.17, 15) is 19.2 Å². The summed E-state index contributed by atoms with van der Waals surface area (Å²) < 4.78 is 9.83. The van der Waals surface area contributed by atoms with E-state index in [1.54, 1.807) is 32.9 Å². The van der Waals surface area contributed by atoms with Crippen LogP contribution < -0.4 is 10.6 Å². The van der Waals surface area contributed by atoms with E-state index in [4.69, 9.17) is 4.74 Å². The molecule has 0 fully saturated rings. The van der Waals surface area contributed by atoms with Gasteiger partial charge in [0.2, 0.25) is 11.8 Å². The minimum Gasteiger partial charge on any atom is -0.468 e. The lowest BCUT2D eigenvalue weighted by Gasteiger charge is -2.43. The Hall–Kier alpha value is -3.10. The van der Waals surface area contributed by atoms with Crippen LogP contribution in [0, 0.1) is 6.92 Å². The summed E-state index contributed by atoms with van der Waals surface area (Å²) in [6.07, 6.45) is -0.189. The molecule has 1 rings (SSSR count). The Morgan fingerprint density at radius 3 is 2.12 bits per heavy atom. The predicted molar refractivity (Wildman–Crippen MR) is 124 cm³/mol. The molecule has 0 spiro atoms. The lowest BCUT2D eigenvalue weighted by molar-refractivity contribution is -0.148. The summed E-state index contributed by atoms with van der Waals surface area (Å²) in [5, 5.41) is 5.04. The Balaban J connectivity index is 3.36. The van der Waals surface area contributed by atoms with Crippen LogP contribution in [0.1, 0.15) is 65.1 Å². The Kier molecular flexibility index (Phi) is 9.88. The average molecular weight is 464 g/mol. The Morgan fingerprint density at radius 2 is 1.61 bits per heavy atom. The smallest absolute Gasteiger partial charge is 0.408 e. The molecule has 1 atom stereocenters. The van der Waals surface area contributed by atoms with E-state index in [0.29, 0.717) is 12.0 Å². The zero-order valence-corrected chi connectivity index (χ0v) is 20.9. The SMILES string of the molecule is CCC(C)(C)N(C(=O)CNC(=O)OC(C)(C)C)C(C(=O)NCC(=O)OC)c1ccccc1C. The van der Waals surface area contributed by atoms with Gasteiger partial charge < -0.3 is 25.0 Å². The molecule has 2 N–H and O–H groups in total. The molecule has 9 heteroatoms. The van der Waals surface area contributed by atoms with Crippen molar-refractivity contribution in [3.05, 3.63) is 35.4 Å². The number of alkyl carbamates (subject to hydrolysis) is 1. The quantitative estimate of drug-likeness (QED) is 0.545. The molecule has 0 saturated carbocycles. The van der Waals surface area contributed by atoms with Crippen molar-refractivity contribution in [3.63, 3.8) is 0 Å². The van der Waals surface area contributed by atoms with E-state index >= 15 is 0 Å². The van der Waals surface area contributed by atoms with Gasteiger partial charge in [0, 0.05) is 5.54 Å². The third-order valence-electron chi connectivity index (χ3n) is 5.19. The second-order valence-electron chi connectivity index (χ2n) is 9.34. The topological polar surface area (TPSA) is 114 Å². The third kappa shape index (κ3) is 8.40. The maximum absolute atomic E-state index is 13.4. The van der Waals surface area contributed by atoms with Crippen molar-refractivity contribution in [1.82, 2.24) is 15.5 Å². The largest absolute Gasteiger partial charge is 0.468 e. The highest BCUT2D eigenvalue weighted by Crippen LogP contribution is 2.32. The lowest BCUT2D eigenvalue weighted by Crippen LogP contribution is -2.56. The molecule has 184 valence electrons. The lowest BCUT2D eigenvalue weighted by atomic mass is 9.91. The Bertz CT molecular complexity index is 860. The van der Waals surface area contributed by atoms with Gasteiger partial charge in [0.05, 0.1) is 7.11 Å². The predicted octanol–water partition coefficient (Wildman–Crippen LogP) is 2.87. The molecule has 0 aliphatic rings. The van der Waals surface area contributed by atoms with Gasteiger partial charge in [0.1, 0.15) is 24.7 Å². The monoisotopic (exact) mass is 463 g/mol. The first-order chi connectivity index (χ1) is 15.2. The molecule has 9 nitrogen and oxygen atoms in total. The maximum Gasteiger partial charge on any atom is 0.408 e. The van der Waals surface area contributed by atoms with E-state index in [-0.39, 0.29) is 13.1 Å². The molecule has 0 aromatic heterocycles. The van der Waals surface area contributed by atoms with Crippen LogP contribution >= 0.6 is 0 Å². The summed E-state index contributed by atoms with van der Waals surface area (Å²) in [7, 11) is 1.23. The average Bonchev–Trinajstić information content (AvgIpc) is 2.73. The van der Waals surface area contributed by atoms with E-state index in [0.717, 1.165) is 5.56 Å². The summed E-state index contributed by atoms with van der Waals surface area (Å²) in [4.78, 5) is 51.9. The first kappa shape index (κ1) is 27.9. The number of amides is 3. The van der Waals surface area contributed by atoms with Gasteiger partial charge in [0.15, 0.2) is 0 Å². The van der Waals surface area contributed by atoms with Crippen LogP contribution in [0.3, 0.4) is 0 Å². The fourth-order valence-electron chi connectivity index (χ4n) is 3.17. The fourth-order valence-corrected chi connectivity index (χ4v) is 3.17. The number of nitrogens with zero attached hydrogens (tertiary/aromatic N) is 1. The molecule has 1 unspecified atom stereocenters. The molecule has 0 heterocycles. The Labute approximate surface area is 196 Å². The number of aryl methyl sites for hydroxylation is 1. The van der Waals surface area contributed by atoms with Crippen LogP contribution in [0.25, 0.3) is 0 Å². The van der Waals surface area contributed by atoms with Gasteiger partial charge in [-0.1, -0.05) is 31.2 Å². The van der Waals surface area contributed by atoms with Gasteiger partial charge in [-0.15, -0.1) is 0 Å². The van der Waals surface area contributed by atoms with Crippen LogP contribution in [0.2, 0.25) is 0 Å². The number of rotatable bonds is 9. The first-order valence-corrected chi connectivity index (χ1v) is 10.9. The van der Waals surface area contributed by atoms with Gasteiger partial charge in [-0.25, -0.2) is 4.79 Å². The fraction of sp³-hybridized carbons (Fsp3) is 0.583. The van der Waals surface area contributed by atoms with Crippen LogP contribution in [-0.4, -0.2) is 60.1 Å².